The highest BCUT2D eigenvalue weighted by Gasteiger charge is 2.20. The lowest BCUT2D eigenvalue weighted by atomic mass is 10.7. The molecule has 63 valence electrons. The number of hydrogen-bond acceptors (Lipinski definition) is 5. The highest BCUT2D eigenvalue weighted by Crippen LogP contribution is 2.05. The van der Waals surface area contributed by atoms with Gasteiger partial charge in [0.15, 0.2) is 6.79 Å². The Kier molecular flexibility index (Phi) is 3.13. The lowest BCUT2D eigenvalue weighted by Gasteiger charge is -2.07. The summed E-state index contributed by atoms with van der Waals surface area (Å²) in [6.45, 7) is 3.23. The van der Waals surface area contributed by atoms with Crippen LogP contribution in [0.2, 0.25) is 0 Å². The number of carbonyl (C=O) groups is 1. The molecule has 0 bridgehead atoms. The molecule has 0 aromatic carbocycles. The molecule has 0 N–H and O–H groups in total. The molecule has 0 aliphatic carbocycles. The van der Waals surface area contributed by atoms with Crippen molar-refractivity contribution < 1.29 is 23.7 Å². The predicted molar refractivity (Wildman–Crippen MR) is 33.2 cm³/mol. The van der Waals surface area contributed by atoms with Gasteiger partial charge in [0.25, 0.3) is 0 Å². The van der Waals surface area contributed by atoms with Gasteiger partial charge in [-0.1, -0.05) is 0 Å². The van der Waals surface area contributed by atoms with Gasteiger partial charge in [-0.05, 0) is 6.92 Å². The van der Waals surface area contributed by atoms with Crippen molar-refractivity contribution in [1.29, 1.82) is 0 Å². The average molecular weight is 161 g/mol. The Morgan fingerprint density at radius 3 is 3.09 bits per heavy atom. The second-order valence-electron chi connectivity index (χ2n) is 1.81. The van der Waals surface area contributed by atoms with Crippen LogP contribution in [-0.2, 0) is 18.9 Å². The van der Waals surface area contributed by atoms with Gasteiger partial charge < -0.3 is 18.9 Å². The first-order valence-electron chi connectivity index (χ1n) is 3.17. The average Bonchev–Trinajstić information content (AvgIpc) is 2.40. The monoisotopic (exact) mass is 161 g/mol. The van der Waals surface area contributed by atoms with Gasteiger partial charge in [-0.2, -0.15) is 0 Å². The fourth-order valence-electron chi connectivity index (χ4n) is 0.616. The fourth-order valence-corrected chi connectivity index (χ4v) is 0.616. The molecule has 0 aromatic rings. The minimum absolute atomic E-state index is 0.161. The summed E-state index contributed by atoms with van der Waals surface area (Å²) in [7, 11) is 0. The van der Waals surface area contributed by atoms with E-state index in [1.54, 1.807) is 6.92 Å². The van der Waals surface area contributed by atoms with Gasteiger partial charge in [0, 0.05) is 0 Å². The number of ether oxygens (including phenoxy) is 4. The van der Waals surface area contributed by atoms with Crippen molar-refractivity contribution in [3.05, 3.63) is 6.61 Å². The molecule has 1 radical (unpaired) electrons. The van der Waals surface area contributed by atoms with Gasteiger partial charge in [0.05, 0.1) is 0 Å². The molecule has 5 heteroatoms. The lowest BCUT2D eigenvalue weighted by molar-refractivity contribution is -0.0841. The molecule has 1 fully saturated rings. The Hall–Kier alpha value is -0.810. The number of rotatable bonds is 2. The van der Waals surface area contributed by atoms with Crippen molar-refractivity contribution in [1.82, 2.24) is 0 Å². The quantitative estimate of drug-likeness (QED) is 0.556. The molecule has 0 aromatic heterocycles. The van der Waals surface area contributed by atoms with E-state index in [1.807, 2.05) is 0 Å². The molecule has 1 aliphatic rings. The maximum absolute atomic E-state index is 10.6. The molecule has 1 atom stereocenters. The molecule has 1 unspecified atom stereocenters. The highest BCUT2D eigenvalue weighted by molar-refractivity contribution is 5.60. The second kappa shape index (κ2) is 4.15. The maximum Gasteiger partial charge on any atom is 0.511 e. The second-order valence-corrected chi connectivity index (χ2v) is 1.81. The first-order chi connectivity index (χ1) is 5.33. The van der Waals surface area contributed by atoms with Crippen molar-refractivity contribution >= 4 is 6.16 Å². The van der Waals surface area contributed by atoms with Crippen LogP contribution in [0.1, 0.15) is 6.92 Å². The largest absolute Gasteiger partial charge is 0.511 e. The van der Waals surface area contributed by atoms with Gasteiger partial charge in [-0.3, -0.25) is 0 Å². The van der Waals surface area contributed by atoms with Gasteiger partial charge in [-0.25, -0.2) is 4.79 Å². The SMILES string of the molecule is C[CH]OC(=O)OC1COCO1. The van der Waals surface area contributed by atoms with Crippen LogP contribution in [0.3, 0.4) is 0 Å². The van der Waals surface area contributed by atoms with Crippen molar-refractivity contribution in [3.63, 3.8) is 0 Å². The first-order valence-corrected chi connectivity index (χ1v) is 3.17. The van der Waals surface area contributed by atoms with Crippen LogP contribution in [0.15, 0.2) is 0 Å². The van der Waals surface area contributed by atoms with Crippen LogP contribution in [-0.4, -0.2) is 25.8 Å². The van der Waals surface area contributed by atoms with Crippen LogP contribution in [0, 0.1) is 6.61 Å². The Morgan fingerprint density at radius 2 is 2.55 bits per heavy atom. The molecule has 0 spiro atoms. The van der Waals surface area contributed by atoms with E-state index in [0.717, 1.165) is 0 Å². The first kappa shape index (κ1) is 8.29. The third kappa shape index (κ3) is 2.73. The standard InChI is InChI=1S/C6H9O5/c1-2-9-6(7)11-5-3-8-4-10-5/h2,5H,3-4H2,1H3. The topological polar surface area (TPSA) is 54.0 Å². The van der Waals surface area contributed by atoms with E-state index in [1.165, 1.54) is 6.61 Å². The molecule has 1 saturated heterocycles. The Labute approximate surface area is 64.2 Å². The zero-order valence-electron chi connectivity index (χ0n) is 6.11. The summed E-state index contributed by atoms with van der Waals surface area (Å²) >= 11 is 0. The van der Waals surface area contributed by atoms with E-state index in [4.69, 9.17) is 9.47 Å². The van der Waals surface area contributed by atoms with Gasteiger partial charge in [-0.15, -0.1) is 0 Å². The minimum atomic E-state index is -0.775. The summed E-state index contributed by atoms with van der Waals surface area (Å²) in [6.07, 6.45) is -1.40. The Morgan fingerprint density at radius 1 is 1.73 bits per heavy atom. The van der Waals surface area contributed by atoms with E-state index in [-0.39, 0.29) is 13.4 Å². The predicted octanol–water partition coefficient (Wildman–Crippen LogP) is 0.652. The van der Waals surface area contributed by atoms with Crippen LogP contribution in [0.5, 0.6) is 0 Å². The third-order valence-electron chi connectivity index (χ3n) is 1.03. The summed E-state index contributed by atoms with van der Waals surface area (Å²) in [4.78, 5) is 10.6. The lowest BCUT2D eigenvalue weighted by Crippen LogP contribution is -2.19. The van der Waals surface area contributed by atoms with Crippen LogP contribution in [0.25, 0.3) is 0 Å². The maximum atomic E-state index is 10.6. The van der Waals surface area contributed by atoms with E-state index in [2.05, 4.69) is 9.47 Å². The fraction of sp³-hybridized carbons (Fsp3) is 0.667. The van der Waals surface area contributed by atoms with Crippen LogP contribution in [0.4, 0.5) is 4.79 Å². The Balaban J connectivity index is 2.13. The van der Waals surface area contributed by atoms with E-state index >= 15 is 0 Å². The molecule has 0 saturated carbocycles. The van der Waals surface area contributed by atoms with E-state index < -0.39 is 12.4 Å². The summed E-state index contributed by atoms with van der Waals surface area (Å²) in [5, 5.41) is 0. The Bertz CT molecular complexity index is 129. The molecule has 11 heavy (non-hydrogen) atoms. The smallest absolute Gasteiger partial charge is 0.427 e. The zero-order chi connectivity index (χ0) is 8.10. The van der Waals surface area contributed by atoms with Gasteiger partial charge >= 0.3 is 6.16 Å². The normalized spacial score (nSPS) is 23.2. The van der Waals surface area contributed by atoms with Crippen LogP contribution >= 0.6 is 0 Å². The number of hydrogen-bond donors (Lipinski definition) is 0. The van der Waals surface area contributed by atoms with E-state index in [9.17, 15) is 4.79 Å². The number of carbonyl (C=O) groups excluding carboxylic acids is 1. The highest BCUT2D eigenvalue weighted by atomic mass is 16.8. The molecule has 1 heterocycles. The minimum Gasteiger partial charge on any atom is -0.427 e. The molecule has 1 rings (SSSR count). The van der Waals surface area contributed by atoms with E-state index in [0.29, 0.717) is 0 Å². The van der Waals surface area contributed by atoms with Crippen molar-refractivity contribution in [2.75, 3.05) is 13.4 Å². The molecule has 0 amide bonds. The van der Waals surface area contributed by atoms with Gasteiger partial charge in [0.2, 0.25) is 6.29 Å². The molecule has 1 aliphatic heterocycles. The van der Waals surface area contributed by atoms with Gasteiger partial charge in [0.1, 0.15) is 13.2 Å². The summed E-state index contributed by atoms with van der Waals surface area (Å²) in [6, 6.07) is 0. The summed E-state index contributed by atoms with van der Waals surface area (Å²) in [5.74, 6) is 0. The van der Waals surface area contributed by atoms with Crippen molar-refractivity contribution in [2.45, 2.75) is 13.2 Å². The van der Waals surface area contributed by atoms with Crippen molar-refractivity contribution in [3.8, 4) is 0 Å². The summed E-state index contributed by atoms with van der Waals surface area (Å²) < 4.78 is 18.6. The molecule has 5 nitrogen and oxygen atoms in total. The molecular weight excluding hydrogens is 152 g/mol. The third-order valence-corrected chi connectivity index (χ3v) is 1.03. The molecular formula is C6H9O5. The van der Waals surface area contributed by atoms with Crippen molar-refractivity contribution in [2.24, 2.45) is 0 Å². The van der Waals surface area contributed by atoms with Crippen LogP contribution < -0.4 is 0 Å². The zero-order valence-corrected chi connectivity index (χ0v) is 6.11. The summed E-state index contributed by atoms with van der Waals surface area (Å²) in [5.41, 5.74) is 0.